The second-order valence-electron chi connectivity index (χ2n) is 5.03. The van der Waals surface area contributed by atoms with Gasteiger partial charge in [-0.2, -0.15) is 0 Å². The molecule has 0 heterocycles. The Morgan fingerprint density at radius 2 is 0.500 bits per heavy atom. The number of nitrogens with two attached hydrogens (primary N) is 2. The topological polar surface area (TPSA) is 317 Å². The molecule has 0 aliphatic rings. The largest absolute Gasteiger partial charge is 1.00 e. The van der Waals surface area contributed by atoms with Crippen LogP contribution in [0.4, 0.5) is 0 Å². The van der Waals surface area contributed by atoms with E-state index >= 15 is 0 Å². The van der Waals surface area contributed by atoms with Gasteiger partial charge in [0.15, 0.2) is 0 Å². The second-order valence-corrected chi connectivity index (χ2v) is 5.03. The van der Waals surface area contributed by atoms with Crippen molar-refractivity contribution in [3.63, 3.8) is 0 Å². The number of carbonyl (C=O) groups excluding carboxylic acids is 6. The smallest absolute Gasteiger partial charge is 0.550 e. The summed E-state index contributed by atoms with van der Waals surface area (Å²) in [5.74, 6) is -6.50. The maximum absolute atomic E-state index is 8.89. The third kappa shape index (κ3) is 463. The Kier molecular flexibility index (Phi) is 183. The standard InChI is InChI=1S/C6H18N4.6C2H4O2.6K/c7-1-3-9-5-6-10-4-2-8;6*1-2(3)4;;;;;;/h9-10H,1-8H2;6*1H3,(H,3,4);;;;;;/q;;;;;;;6*+1/p-6. The van der Waals surface area contributed by atoms with Crippen LogP contribution in [0.1, 0.15) is 41.5 Å². The van der Waals surface area contributed by atoms with E-state index in [1.165, 1.54) is 0 Å². The summed E-state index contributed by atoms with van der Waals surface area (Å²) in [6.07, 6.45) is 0. The minimum Gasteiger partial charge on any atom is -0.550 e. The number of hydrogen-bond donors (Lipinski definition) is 4. The zero-order valence-electron chi connectivity index (χ0n) is 26.3. The Hall–Kier alpha value is 6.48. The molecule has 16 nitrogen and oxygen atoms in total. The van der Waals surface area contributed by atoms with E-state index in [1.807, 2.05) is 0 Å². The molecule has 0 saturated carbocycles. The molecule has 0 saturated heterocycles. The maximum atomic E-state index is 8.89. The summed E-state index contributed by atoms with van der Waals surface area (Å²) >= 11 is 0. The first-order chi connectivity index (χ1) is 15.3. The van der Waals surface area contributed by atoms with Gasteiger partial charge < -0.3 is 81.5 Å². The van der Waals surface area contributed by atoms with Crippen molar-refractivity contribution in [1.29, 1.82) is 0 Å². The quantitative estimate of drug-likeness (QED) is 0.139. The molecule has 0 unspecified atom stereocenters. The SMILES string of the molecule is CC(=O)[O-].CC(=O)[O-].CC(=O)[O-].CC(=O)[O-].CC(=O)[O-].CC(=O)[O-].NCCNCCNCCN.[K+].[K+].[K+].[K+].[K+].[K+]. The van der Waals surface area contributed by atoms with Gasteiger partial charge in [-0.15, -0.1) is 0 Å². The van der Waals surface area contributed by atoms with Crippen molar-refractivity contribution in [1.82, 2.24) is 10.6 Å². The van der Waals surface area contributed by atoms with Gasteiger partial charge in [0.25, 0.3) is 0 Å². The summed E-state index contributed by atoms with van der Waals surface area (Å²) in [6, 6.07) is 0. The fraction of sp³-hybridized carbons (Fsp3) is 0.667. The van der Waals surface area contributed by atoms with Crippen LogP contribution in [0, 0.1) is 0 Å². The van der Waals surface area contributed by atoms with Crippen LogP contribution >= 0.6 is 0 Å². The van der Waals surface area contributed by atoms with Crippen LogP contribution in [0.3, 0.4) is 0 Å². The van der Waals surface area contributed by atoms with Crippen molar-refractivity contribution in [2.75, 3.05) is 39.3 Å². The first-order valence-corrected chi connectivity index (χ1v) is 9.18. The van der Waals surface area contributed by atoms with Crippen LogP contribution in [0.2, 0.25) is 0 Å². The molecule has 0 rings (SSSR count). The number of rotatable bonds is 7. The summed E-state index contributed by atoms with van der Waals surface area (Å²) in [5, 5.41) is 59.7. The molecule has 0 aliphatic carbocycles. The predicted octanol–water partition coefficient (Wildman–Crippen LogP) is -27.4. The number of carboxylic acids is 6. The molecular formula is C18H36K6N4O12. The third-order valence-electron chi connectivity index (χ3n) is 1.12. The minimum atomic E-state index is -1.08. The molecule has 0 aromatic heterocycles. The Labute approximate surface area is 492 Å². The fourth-order valence-corrected chi connectivity index (χ4v) is 0.631. The molecule has 0 spiro atoms. The van der Waals surface area contributed by atoms with Crippen LogP contribution in [0.15, 0.2) is 0 Å². The first-order valence-electron chi connectivity index (χ1n) is 9.18. The van der Waals surface area contributed by atoms with Gasteiger partial charge in [0.1, 0.15) is 0 Å². The molecule has 0 atom stereocenters. The van der Waals surface area contributed by atoms with Crippen molar-refractivity contribution in [3.05, 3.63) is 0 Å². The Morgan fingerprint density at radius 1 is 0.400 bits per heavy atom. The van der Waals surface area contributed by atoms with Gasteiger partial charge in [-0.25, -0.2) is 0 Å². The average molecular weight is 735 g/mol. The molecule has 0 bridgehead atoms. The zero-order chi connectivity index (χ0) is 29.1. The van der Waals surface area contributed by atoms with Crippen molar-refractivity contribution in [2.45, 2.75) is 41.5 Å². The Balaban J connectivity index is -0.0000000196. The normalized spacial score (nSPS) is 6.30. The molecule has 0 aliphatic heterocycles. The predicted molar refractivity (Wildman–Crippen MR) is 108 cm³/mol. The average Bonchev–Trinajstić information content (AvgIpc) is 2.55. The molecule has 0 radical (unpaired) electrons. The number of hydrogen-bond acceptors (Lipinski definition) is 16. The van der Waals surface area contributed by atoms with Crippen molar-refractivity contribution in [2.24, 2.45) is 11.5 Å². The Morgan fingerprint density at radius 3 is 0.575 bits per heavy atom. The fourth-order valence-electron chi connectivity index (χ4n) is 0.631. The zero-order valence-corrected chi connectivity index (χ0v) is 45.0. The van der Waals surface area contributed by atoms with Gasteiger partial charge in [0.05, 0.1) is 0 Å². The maximum Gasteiger partial charge on any atom is 1.00 e. The molecule has 0 amide bonds. The van der Waals surface area contributed by atoms with Gasteiger partial charge >= 0.3 is 308 Å². The molecule has 6 N–H and O–H groups in total. The van der Waals surface area contributed by atoms with E-state index in [9.17, 15) is 0 Å². The van der Waals surface area contributed by atoms with Crippen LogP contribution in [0.25, 0.3) is 0 Å². The molecule has 0 aromatic carbocycles. The summed E-state index contributed by atoms with van der Waals surface area (Å²) in [5.41, 5.74) is 10.5. The van der Waals surface area contributed by atoms with E-state index in [2.05, 4.69) is 10.6 Å². The summed E-state index contributed by atoms with van der Waals surface area (Å²) in [7, 11) is 0. The van der Waals surface area contributed by atoms with E-state index in [4.69, 9.17) is 70.9 Å². The van der Waals surface area contributed by atoms with E-state index in [0.717, 1.165) is 67.7 Å². The number of aliphatic carboxylic acids is 6. The van der Waals surface area contributed by atoms with Gasteiger partial charge in [-0.1, -0.05) is 0 Å². The van der Waals surface area contributed by atoms with E-state index in [0.29, 0.717) is 13.1 Å². The van der Waals surface area contributed by atoms with Crippen molar-refractivity contribution in [3.8, 4) is 0 Å². The third-order valence-corrected chi connectivity index (χ3v) is 1.12. The Bertz CT molecular complexity index is 403. The molecule has 206 valence electrons. The van der Waals surface area contributed by atoms with Gasteiger partial charge in [0, 0.05) is 75.1 Å². The summed E-state index contributed by atoms with van der Waals surface area (Å²) in [4.78, 5) is 53.3. The molecule has 40 heavy (non-hydrogen) atoms. The number of nitrogens with one attached hydrogen (secondary N) is 2. The number of carboxylic acid groups (broad SMARTS) is 6. The molecule has 0 fully saturated rings. The van der Waals surface area contributed by atoms with Crippen LogP contribution in [0.5, 0.6) is 0 Å². The first kappa shape index (κ1) is 85.8. The number of carbonyl (C=O) groups is 6. The van der Waals surface area contributed by atoms with E-state index in [1.54, 1.807) is 0 Å². The second kappa shape index (κ2) is 85.3. The molecule has 0 aromatic rings. The van der Waals surface area contributed by atoms with Crippen molar-refractivity contribution < 1.29 is 368 Å². The minimum absolute atomic E-state index is 0. The van der Waals surface area contributed by atoms with Crippen molar-refractivity contribution >= 4 is 35.8 Å². The molecular weight excluding hydrogens is 699 g/mol. The van der Waals surface area contributed by atoms with Gasteiger partial charge in [0.2, 0.25) is 0 Å². The van der Waals surface area contributed by atoms with E-state index < -0.39 is 35.8 Å². The monoisotopic (exact) mass is 734 g/mol. The van der Waals surface area contributed by atoms with Crippen LogP contribution in [-0.2, 0) is 28.8 Å². The van der Waals surface area contributed by atoms with E-state index in [-0.39, 0.29) is 308 Å². The summed E-state index contributed by atoms with van der Waals surface area (Å²) < 4.78 is 0. The van der Waals surface area contributed by atoms with Gasteiger partial charge in [-0.05, 0) is 41.5 Å². The molecule has 22 heteroatoms. The van der Waals surface area contributed by atoms with Crippen LogP contribution < -0.4 is 361 Å². The van der Waals surface area contributed by atoms with Gasteiger partial charge in [-0.3, -0.25) is 0 Å². The van der Waals surface area contributed by atoms with Crippen LogP contribution in [-0.4, -0.2) is 75.1 Å². The summed E-state index contributed by atoms with van der Waals surface area (Å²) in [6.45, 7) is 11.0.